The van der Waals surface area contributed by atoms with Crippen molar-refractivity contribution in [2.75, 3.05) is 6.61 Å². The van der Waals surface area contributed by atoms with Crippen LogP contribution in [0, 0.1) is 12.3 Å². The van der Waals surface area contributed by atoms with Crippen LogP contribution in [0.2, 0.25) is 5.15 Å². The lowest BCUT2D eigenvalue weighted by atomic mass is 9.93. The van der Waals surface area contributed by atoms with Gasteiger partial charge in [-0.3, -0.25) is 0 Å². The van der Waals surface area contributed by atoms with Crippen molar-refractivity contribution in [3.8, 4) is 5.88 Å². The summed E-state index contributed by atoms with van der Waals surface area (Å²) in [4.78, 5) is 8.14. The minimum atomic E-state index is 0.228. The van der Waals surface area contributed by atoms with Gasteiger partial charge in [0.05, 0.1) is 6.61 Å². The van der Waals surface area contributed by atoms with E-state index in [4.69, 9.17) is 16.3 Å². The van der Waals surface area contributed by atoms with E-state index in [0.717, 1.165) is 12.0 Å². The smallest absolute Gasteiger partial charge is 0.256 e. The molecule has 0 fully saturated rings. The second-order valence-corrected chi connectivity index (χ2v) is 5.82. The van der Waals surface area contributed by atoms with Gasteiger partial charge in [-0.15, -0.1) is 0 Å². The van der Waals surface area contributed by atoms with E-state index in [2.05, 4.69) is 35.8 Å². The predicted molar refractivity (Wildman–Crippen MR) is 70.1 cm³/mol. The molecule has 0 radical (unpaired) electrons. The Morgan fingerprint density at radius 2 is 2.11 bits per heavy atom. The molecule has 0 aliphatic carbocycles. The van der Waals surface area contributed by atoms with Crippen molar-refractivity contribution >= 4 is 17.4 Å². The summed E-state index contributed by atoms with van der Waals surface area (Å²) in [6, 6.07) is 0. The van der Waals surface area contributed by atoms with Gasteiger partial charge in [-0.05, 0) is 18.8 Å². The quantitative estimate of drug-likeness (QED) is 0.803. The number of ether oxygens (including phenoxy) is 1. The molecule has 6 heteroatoms. The molecule has 18 heavy (non-hydrogen) atoms. The van der Waals surface area contributed by atoms with Crippen molar-refractivity contribution in [1.82, 2.24) is 19.6 Å². The van der Waals surface area contributed by atoms with Crippen LogP contribution in [-0.4, -0.2) is 26.2 Å². The molecule has 5 nitrogen and oxygen atoms in total. The van der Waals surface area contributed by atoms with E-state index in [1.807, 2.05) is 6.92 Å². The molecular weight excluding hydrogens is 252 g/mol. The molecule has 0 aliphatic rings. The summed E-state index contributed by atoms with van der Waals surface area (Å²) in [7, 11) is 0. The van der Waals surface area contributed by atoms with Crippen molar-refractivity contribution < 1.29 is 4.74 Å². The molecule has 0 bridgehead atoms. The molecule has 0 aromatic carbocycles. The molecule has 2 heterocycles. The van der Waals surface area contributed by atoms with Gasteiger partial charge in [-0.1, -0.05) is 32.4 Å². The summed E-state index contributed by atoms with van der Waals surface area (Å²) < 4.78 is 7.37. The number of aromatic nitrogens is 4. The number of hydrogen-bond acceptors (Lipinski definition) is 4. The van der Waals surface area contributed by atoms with Crippen LogP contribution >= 0.6 is 11.6 Å². The average Bonchev–Trinajstić information content (AvgIpc) is 2.69. The number of nitrogens with zero attached hydrogens (tertiary/aromatic N) is 4. The summed E-state index contributed by atoms with van der Waals surface area (Å²) in [5.41, 5.74) is 1.01. The van der Waals surface area contributed by atoms with E-state index in [0.29, 0.717) is 23.4 Å². The first kappa shape index (κ1) is 13.1. The van der Waals surface area contributed by atoms with Crippen molar-refractivity contribution in [2.45, 2.75) is 34.1 Å². The number of hydrogen-bond donors (Lipinski definition) is 0. The Bertz CT molecular complexity index is 559. The third-order valence-electron chi connectivity index (χ3n) is 2.64. The maximum Gasteiger partial charge on any atom is 0.256 e. The van der Waals surface area contributed by atoms with Gasteiger partial charge in [-0.2, -0.15) is 19.6 Å². The number of halogens is 1. The molecule has 0 unspecified atom stereocenters. The molecule has 0 N–H and O–H groups in total. The largest absolute Gasteiger partial charge is 0.477 e. The van der Waals surface area contributed by atoms with E-state index in [1.54, 1.807) is 4.52 Å². The Balaban J connectivity index is 2.26. The Labute approximate surface area is 111 Å². The Morgan fingerprint density at radius 1 is 1.39 bits per heavy atom. The molecule has 0 aliphatic heterocycles. The molecule has 2 aromatic rings. The third kappa shape index (κ3) is 2.72. The molecule has 0 spiro atoms. The van der Waals surface area contributed by atoms with E-state index < -0.39 is 0 Å². The van der Waals surface area contributed by atoms with Crippen LogP contribution < -0.4 is 4.74 Å². The molecule has 2 rings (SSSR count). The standard InChI is InChI=1S/C12H17ClN4O/c1-8-9(13)16-11-14-7-15-17(11)10(8)18-6-5-12(2,3)4/h7H,5-6H2,1-4H3. The first-order chi connectivity index (χ1) is 8.38. The first-order valence-electron chi connectivity index (χ1n) is 5.87. The van der Waals surface area contributed by atoms with Gasteiger partial charge >= 0.3 is 0 Å². The minimum absolute atomic E-state index is 0.228. The molecule has 0 saturated carbocycles. The van der Waals surface area contributed by atoms with Gasteiger partial charge < -0.3 is 4.74 Å². The monoisotopic (exact) mass is 268 g/mol. The fourth-order valence-corrected chi connectivity index (χ4v) is 1.65. The third-order valence-corrected chi connectivity index (χ3v) is 3.01. The Morgan fingerprint density at radius 3 is 2.78 bits per heavy atom. The maximum atomic E-state index is 6.05. The lowest BCUT2D eigenvalue weighted by Crippen LogP contribution is -2.13. The molecule has 2 aromatic heterocycles. The van der Waals surface area contributed by atoms with Crippen LogP contribution in [0.15, 0.2) is 6.33 Å². The van der Waals surface area contributed by atoms with Gasteiger partial charge in [0.2, 0.25) is 5.88 Å². The van der Waals surface area contributed by atoms with Crippen LogP contribution in [-0.2, 0) is 0 Å². The summed E-state index contributed by atoms with van der Waals surface area (Å²) in [5, 5.41) is 4.50. The zero-order valence-corrected chi connectivity index (χ0v) is 11.8. The van der Waals surface area contributed by atoms with E-state index in [1.165, 1.54) is 6.33 Å². The molecule has 0 saturated heterocycles. The van der Waals surface area contributed by atoms with Gasteiger partial charge in [-0.25, -0.2) is 0 Å². The first-order valence-corrected chi connectivity index (χ1v) is 6.25. The summed E-state index contributed by atoms with van der Waals surface area (Å²) in [6.45, 7) is 9.00. The maximum absolute atomic E-state index is 6.05. The summed E-state index contributed by atoms with van der Waals surface area (Å²) in [6.07, 6.45) is 2.39. The highest BCUT2D eigenvalue weighted by Gasteiger charge is 2.15. The lowest BCUT2D eigenvalue weighted by Gasteiger charge is -2.18. The van der Waals surface area contributed by atoms with Gasteiger partial charge in [0, 0.05) is 5.56 Å². The highest BCUT2D eigenvalue weighted by atomic mass is 35.5. The zero-order chi connectivity index (χ0) is 13.3. The second kappa shape index (κ2) is 4.72. The second-order valence-electron chi connectivity index (χ2n) is 5.46. The lowest BCUT2D eigenvalue weighted by molar-refractivity contribution is 0.230. The Kier molecular flexibility index (Phi) is 3.43. The van der Waals surface area contributed by atoms with Crippen LogP contribution in [0.5, 0.6) is 5.88 Å². The fourth-order valence-electron chi connectivity index (χ4n) is 1.50. The molecule has 0 atom stereocenters. The Hall–Kier alpha value is -1.36. The van der Waals surface area contributed by atoms with E-state index in [9.17, 15) is 0 Å². The van der Waals surface area contributed by atoms with Crippen LogP contribution in [0.4, 0.5) is 0 Å². The summed E-state index contributed by atoms with van der Waals surface area (Å²) in [5.74, 6) is 1.07. The normalized spacial score (nSPS) is 12.1. The van der Waals surface area contributed by atoms with Crippen LogP contribution in [0.25, 0.3) is 5.78 Å². The highest BCUT2D eigenvalue weighted by molar-refractivity contribution is 6.30. The van der Waals surface area contributed by atoms with Gasteiger partial charge in [0.15, 0.2) is 0 Å². The van der Waals surface area contributed by atoms with Gasteiger partial charge in [0.25, 0.3) is 5.78 Å². The molecule has 98 valence electrons. The SMILES string of the molecule is Cc1c(Cl)nc2ncnn2c1OCCC(C)(C)C. The average molecular weight is 269 g/mol. The molecule has 0 amide bonds. The van der Waals surface area contributed by atoms with Crippen molar-refractivity contribution in [2.24, 2.45) is 5.41 Å². The highest BCUT2D eigenvalue weighted by Crippen LogP contribution is 2.25. The predicted octanol–water partition coefficient (Wildman–Crippen LogP) is 2.90. The molecular formula is C12H17ClN4O. The van der Waals surface area contributed by atoms with Crippen molar-refractivity contribution in [3.05, 3.63) is 17.0 Å². The van der Waals surface area contributed by atoms with E-state index in [-0.39, 0.29) is 5.41 Å². The summed E-state index contributed by atoms with van der Waals surface area (Å²) >= 11 is 6.05. The van der Waals surface area contributed by atoms with Crippen LogP contribution in [0.3, 0.4) is 0 Å². The number of fused-ring (bicyclic) bond motifs is 1. The van der Waals surface area contributed by atoms with E-state index >= 15 is 0 Å². The van der Waals surface area contributed by atoms with Gasteiger partial charge in [0.1, 0.15) is 11.5 Å². The van der Waals surface area contributed by atoms with Crippen molar-refractivity contribution in [3.63, 3.8) is 0 Å². The zero-order valence-electron chi connectivity index (χ0n) is 11.1. The topological polar surface area (TPSA) is 52.3 Å². The minimum Gasteiger partial charge on any atom is -0.477 e. The number of rotatable bonds is 3. The van der Waals surface area contributed by atoms with Crippen molar-refractivity contribution in [1.29, 1.82) is 0 Å². The fraction of sp³-hybridized carbons (Fsp3) is 0.583. The van der Waals surface area contributed by atoms with Crippen LogP contribution in [0.1, 0.15) is 32.8 Å².